The van der Waals surface area contributed by atoms with Crippen molar-refractivity contribution in [2.24, 2.45) is 5.73 Å². The molecule has 1 aliphatic heterocycles. The van der Waals surface area contributed by atoms with E-state index in [0.29, 0.717) is 0 Å². The van der Waals surface area contributed by atoms with Crippen LogP contribution in [0.1, 0.15) is 88.4 Å². The van der Waals surface area contributed by atoms with Gasteiger partial charge in [0.25, 0.3) is 0 Å². The smallest absolute Gasteiger partial charge is 0.0919 e. The van der Waals surface area contributed by atoms with E-state index in [2.05, 4.69) is 0 Å². The summed E-state index contributed by atoms with van der Waals surface area (Å²) in [6.45, 7) is -1.19. The Morgan fingerprint density at radius 2 is 1.48 bits per heavy atom. The van der Waals surface area contributed by atoms with Crippen LogP contribution in [0, 0.1) is 11.3 Å². The number of benzene rings is 2. The van der Waals surface area contributed by atoms with Crippen LogP contribution >= 0.6 is 11.8 Å². The molecule has 188 valence electrons. The molecular formula is C26H47BN2O3S. The van der Waals surface area contributed by atoms with Crippen LogP contribution in [0.2, 0.25) is 0 Å². The number of nitrogens with zero attached hydrogens (tertiary/aromatic N) is 1. The zero-order valence-electron chi connectivity index (χ0n) is 38.1. The minimum atomic E-state index is -3.49. The summed E-state index contributed by atoms with van der Waals surface area (Å²) in [5, 5.41) is 28.5. The van der Waals surface area contributed by atoms with Gasteiger partial charge in [-0.15, -0.1) is 0 Å². The van der Waals surface area contributed by atoms with Gasteiger partial charge < -0.3 is 20.7 Å². The lowest BCUT2D eigenvalue weighted by atomic mass is 10.1. The van der Waals surface area contributed by atoms with Gasteiger partial charge in [-0.3, -0.25) is 0 Å². The normalized spacial score (nSPS) is 24.4. The lowest BCUT2D eigenvalue weighted by Gasteiger charge is -2.07. The third-order valence-electron chi connectivity index (χ3n) is 2.67. The molecule has 3 rings (SSSR count). The molecule has 0 radical (unpaired) electrons. The van der Waals surface area contributed by atoms with Crippen molar-refractivity contribution in [1.82, 2.24) is 0 Å². The maximum atomic E-state index is 10.1. The molecule has 1 aliphatic rings. The molecule has 0 bridgehead atoms. The lowest BCUT2D eigenvalue weighted by Crippen LogP contribution is -2.06. The van der Waals surface area contributed by atoms with Crippen molar-refractivity contribution in [3.05, 3.63) is 71.6 Å². The zero-order valence-corrected chi connectivity index (χ0v) is 18.0. The Kier molecular flexibility index (Phi) is 10.5. The molecule has 4 N–H and O–H groups in total. The third-order valence-corrected chi connectivity index (χ3v) is 2.67. The van der Waals surface area contributed by atoms with Crippen molar-refractivity contribution in [2.45, 2.75) is 52.6 Å². The van der Waals surface area contributed by atoms with Crippen LogP contribution in [-0.2, 0) is 4.74 Å². The summed E-state index contributed by atoms with van der Waals surface area (Å²) < 4.78 is 156. The number of nitriles is 1. The molecule has 1 heterocycles. The van der Waals surface area contributed by atoms with Crippen LogP contribution in [-0.4, -0.2) is 54.7 Å². The highest BCUT2D eigenvalue weighted by Gasteiger charge is 2.04. The van der Waals surface area contributed by atoms with Crippen molar-refractivity contribution in [2.75, 3.05) is 32.2 Å². The summed E-state index contributed by atoms with van der Waals surface area (Å²) >= 11 is 1.75. The second-order valence-electron chi connectivity index (χ2n) is 4.93. The Hall–Kier alpha value is -1.82. The van der Waals surface area contributed by atoms with Crippen molar-refractivity contribution in [3.63, 3.8) is 0 Å². The highest BCUT2D eigenvalue weighted by Crippen LogP contribution is 2.15. The molecule has 2 atom stereocenters. The monoisotopic (exact) mass is 499 g/mol. The molecule has 0 aromatic heterocycles. The van der Waals surface area contributed by atoms with Gasteiger partial charge in [0.15, 0.2) is 0 Å². The van der Waals surface area contributed by atoms with E-state index in [0.717, 1.165) is 19.3 Å². The number of hydrogen-bond donors (Lipinski definition) is 3. The van der Waals surface area contributed by atoms with Gasteiger partial charge in [-0.05, 0) is 53.4 Å². The summed E-state index contributed by atoms with van der Waals surface area (Å²) in [7, 11) is -1.42. The van der Waals surface area contributed by atoms with Gasteiger partial charge in [0.1, 0.15) is 0 Å². The van der Waals surface area contributed by atoms with Gasteiger partial charge >= 0.3 is 0 Å². The fourth-order valence-corrected chi connectivity index (χ4v) is 1.49. The highest BCUT2D eigenvalue weighted by molar-refractivity contribution is 7.97. The predicted molar refractivity (Wildman–Crippen MR) is 150 cm³/mol. The zero-order chi connectivity index (χ0) is 42.0. The lowest BCUT2D eigenvalue weighted by molar-refractivity contribution is 0.170. The Morgan fingerprint density at radius 1 is 1.09 bits per heavy atom. The van der Waals surface area contributed by atoms with Crippen molar-refractivity contribution in [3.8, 4) is 6.07 Å². The second-order valence-corrected chi connectivity index (χ2v) is 5.75. The molecule has 5 nitrogen and oxygen atoms in total. The summed E-state index contributed by atoms with van der Waals surface area (Å²) in [5.41, 5.74) is 2.92. The van der Waals surface area contributed by atoms with Crippen LogP contribution in [0.5, 0.6) is 0 Å². The van der Waals surface area contributed by atoms with Gasteiger partial charge in [-0.1, -0.05) is 75.3 Å². The Labute approximate surface area is 238 Å². The van der Waals surface area contributed by atoms with Crippen LogP contribution < -0.4 is 5.73 Å². The Balaban J connectivity index is -0.000000345. The minimum Gasteiger partial charge on any atom is -0.388 e. The summed E-state index contributed by atoms with van der Waals surface area (Å²) in [5.74, 6) is 0. The van der Waals surface area contributed by atoms with Gasteiger partial charge in [0.2, 0.25) is 0 Å². The average Bonchev–Trinajstić information content (AvgIpc) is 3.61. The summed E-state index contributed by atoms with van der Waals surface area (Å²) in [4.78, 5) is 0. The Bertz CT molecular complexity index is 1470. The predicted octanol–water partition coefficient (Wildman–Crippen LogP) is 4.57. The molecule has 0 spiro atoms. The molecular weight excluding hydrogens is 431 g/mol. The molecule has 2 aromatic rings. The number of nitrogens with two attached hydrogens (primary N) is 1. The Morgan fingerprint density at radius 3 is 1.79 bits per heavy atom. The van der Waals surface area contributed by atoms with Gasteiger partial charge in [-0.2, -0.15) is 17.0 Å². The van der Waals surface area contributed by atoms with E-state index in [4.69, 9.17) is 44.4 Å². The first-order valence-electron chi connectivity index (χ1n) is 19.1. The number of thioether (sulfide) groups is 1. The van der Waals surface area contributed by atoms with E-state index in [1.807, 2.05) is 12.5 Å². The van der Waals surface area contributed by atoms with E-state index in [1.165, 1.54) is 12.8 Å². The van der Waals surface area contributed by atoms with Gasteiger partial charge in [0, 0.05) is 21.4 Å². The quantitative estimate of drug-likeness (QED) is 0.522. The maximum Gasteiger partial charge on any atom is 0.0919 e. The topological polar surface area (TPSA) is 99.5 Å². The first-order chi connectivity index (χ1) is 23.3. The molecule has 7 heteroatoms. The number of ether oxygens (including phenoxy) is 1. The van der Waals surface area contributed by atoms with E-state index >= 15 is 0 Å². The summed E-state index contributed by atoms with van der Waals surface area (Å²) in [6, 6.07) is -7.64. The maximum absolute atomic E-state index is 10.1. The van der Waals surface area contributed by atoms with E-state index in [9.17, 15) is 10.2 Å². The molecule has 33 heavy (non-hydrogen) atoms. The van der Waals surface area contributed by atoms with E-state index < -0.39 is 111 Å². The minimum absolute atomic E-state index is 0. The van der Waals surface area contributed by atoms with Crippen molar-refractivity contribution >= 4 is 20.1 Å². The standard InChI is InChI=1S/C9H13NO.C9H9NO.C4H8O.C2H6S.2CH4.BH3/c2*10-7-6-9(11)8-4-2-1-3-5-8;1-2-4-5-3-1;1-3-2;;;/h1-5,9,11H,6-7,10H2;1-5,9,11H,6H2;1-4H2;1-2H3;2*1H4;1H3/t2*9-;;;;;/m11...../s1/i1D,2D,3D,4D,5D,6D2,7D2,9D;1D,2D,3D,4D,5D,6D2,9D;;;;;1D3. The van der Waals surface area contributed by atoms with Crippen LogP contribution in [0.15, 0.2) is 60.4 Å². The molecule has 2 aromatic carbocycles. The van der Waals surface area contributed by atoms with E-state index in [-0.39, 0.29) is 14.9 Å². The average molecular weight is 500 g/mol. The molecule has 0 saturated carbocycles. The first-order valence-corrected chi connectivity index (χ1v) is 9.99. The number of hydrogen-bond acceptors (Lipinski definition) is 6. The largest absolute Gasteiger partial charge is 0.388 e. The second kappa shape index (κ2) is 28.2. The van der Waals surface area contributed by atoms with Gasteiger partial charge in [0.05, 0.1) is 49.4 Å². The highest BCUT2D eigenvalue weighted by atomic mass is 32.2. The van der Waals surface area contributed by atoms with Crippen LogP contribution in [0.4, 0.5) is 0 Å². The molecule has 0 amide bonds. The molecule has 1 saturated heterocycles. The van der Waals surface area contributed by atoms with Gasteiger partial charge in [-0.25, -0.2) is 0 Å². The fourth-order valence-electron chi connectivity index (χ4n) is 1.49. The van der Waals surface area contributed by atoms with E-state index in [1.54, 1.807) is 11.8 Å². The van der Waals surface area contributed by atoms with Crippen LogP contribution in [0.25, 0.3) is 0 Å². The molecule has 0 aliphatic carbocycles. The third kappa shape index (κ3) is 21.8. The number of aliphatic hydroxyl groups is 2. The number of rotatable bonds is 5. The van der Waals surface area contributed by atoms with Crippen molar-refractivity contribution < 1.29 is 39.6 Å². The SMILES string of the molecule is C.C.C1CCOC1.CSC.[2H]B([2H])[2H].[2H]c1c([2H])c([2H])c([C@]([2H])(O)C([2H])([2H])C#N)c([2H])c1[2H].[2H]c1c([2H])c([2H])c([C@]([2H])(O)C([2H])([2H])C([2H])([2H])N)c([2H])c1[2H]. The first kappa shape index (κ1) is 12.2. The van der Waals surface area contributed by atoms with Crippen LogP contribution in [0.3, 0.4) is 0 Å². The molecule has 0 unspecified atom stereocenters. The molecule has 1 fully saturated rings. The summed E-state index contributed by atoms with van der Waals surface area (Å²) in [6.07, 6.45) is -6.71. The fraction of sp³-hybridized carbons (Fsp3) is 0.500. The van der Waals surface area contributed by atoms with Crippen molar-refractivity contribution in [1.29, 1.82) is 9.27 Å².